The van der Waals surface area contributed by atoms with E-state index in [-0.39, 0.29) is 17.4 Å². The number of carbonyl (C=O) groups is 1. The molecule has 0 saturated carbocycles. The van der Waals surface area contributed by atoms with Gasteiger partial charge in [0.05, 0.1) is 5.39 Å². The van der Waals surface area contributed by atoms with Gasteiger partial charge < -0.3 is 16.4 Å². The van der Waals surface area contributed by atoms with Crippen molar-refractivity contribution in [1.29, 1.82) is 0 Å². The fourth-order valence-corrected chi connectivity index (χ4v) is 2.91. The maximum atomic E-state index is 13.9. The zero-order chi connectivity index (χ0) is 18.8. The number of halogens is 1. The minimum Gasteiger partial charge on any atom is -0.382 e. The van der Waals surface area contributed by atoms with Crippen LogP contribution in [0.4, 0.5) is 26.4 Å². The highest BCUT2D eigenvalue weighted by Crippen LogP contribution is 2.33. The summed E-state index contributed by atoms with van der Waals surface area (Å²) in [6.45, 7) is 0. The first-order chi connectivity index (χ1) is 13.1. The number of hydrogen-bond acceptors (Lipinski definition) is 3. The third-order valence-electron chi connectivity index (χ3n) is 4.18. The molecule has 0 radical (unpaired) electrons. The summed E-state index contributed by atoms with van der Waals surface area (Å²) in [5, 5.41) is 12.6. The van der Waals surface area contributed by atoms with Gasteiger partial charge in [0.2, 0.25) is 0 Å². The predicted molar refractivity (Wildman–Crippen MR) is 105 cm³/mol. The zero-order valence-corrected chi connectivity index (χ0v) is 14.2. The molecule has 4 rings (SSSR count). The van der Waals surface area contributed by atoms with Gasteiger partial charge in [-0.15, -0.1) is 0 Å². The van der Waals surface area contributed by atoms with Crippen LogP contribution in [0.3, 0.4) is 0 Å². The van der Waals surface area contributed by atoms with E-state index in [0.717, 1.165) is 11.1 Å². The van der Waals surface area contributed by atoms with Crippen molar-refractivity contribution >= 4 is 34.1 Å². The molecule has 6 nitrogen and oxygen atoms in total. The van der Waals surface area contributed by atoms with E-state index in [1.54, 1.807) is 30.3 Å². The second-order valence-electron chi connectivity index (χ2n) is 5.98. The number of rotatable bonds is 3. The Hall–Kier alpha value is -3.87. The molecule has 0 fully saturated rings. The number of fused-ring (bicyclic) bond motifs is 1. The standard InChI is InChI=1S/C20H16FN5O/c21-16-11-10-15(17-18(16)25-26-19(17)22)12-6-8-14(9-7-12)24-20(27)23-13-4-2-1-3-5-13/h1-11H,(H3,22,25,26)(H2,23,24,27). The monoisotopic (exact) mass is 361 g/mol. The fraction of sp³-hybridized carbons (Fsp3) is 0. The van der Waals surface area contributed by atoms with Gasteiger partial charge in [0, 0.05) is 11.4 Å². The van der Waals surface area contributed by atoms with Crippen LogP contribution < -0.4 is 16.4 Å². The summed E-state index contributed by atoms with van der Waals surface area (Å²) < 4.78 is 13.9. The van der Waals surface area contributed by atoms with Crippen LogP contribution in [0, 0.1) is 5.82 Å². The quantitative estimate of drug-likeness (QED) is 0.429. The molecule has 0 aliphatic carbocycles. The molecule has 1 aromatic heterocycles. The van der Waals surface area contributed by atoms with Gasteiger partial charge in [0.1, 0.15) is 11.3 Å². The van der Waals surface area contributed by atoms with Gasteiger partial charge in [-0.3, -0.25) is 5.10 Å². The number of nitrogens with zero attached hydrogens (tertiary/aromatic N) is 1. The number of benzene rings is 3. The van der Waals surface area contributed by atoms with E-state index in [9.17, 15) is 9.18 Å². The van der Waals surface area contributed by atoms with Crippen molar-refractivity contribution in [3.05, 3.63) is 72.5 Å². The van der Waals surface area contributed by atoms with Gasteiger partial charge in [-0.1, -0.05) is 36.4 Å². The summed E-state index contributed by atoms with van der Waals surface area (Å²) in [4.78, 5) is 12.1. The van der Waals surface area contributed by atoms with Crippen LogP contribution in [0.5, 0.6) is 0 Å². The van der Waals surface area contributed by atoms with Crippen LogP contribution in [0.1, 0.15) is 0 Å². The van der Waals surface area contributed by atoms with Gasteiger partial charge in [-0.25, -0.2) is 9.18 Å². The lowest BCUT2D eigenvalue weighted by atomic mass is 10.0. The normalized spacial score (nSPS) is 10.7. The van der Waals surface area contributed by atoms with E-state index in [1.807, 2.05) is 30.3 Å². The second-order valence-corrected chi connectivity index (χ2v) is 5.98. The summed E-state index contributed by atoms with van der Waals surface area (Å²) in [6.07, 6.45) is 0. The summed E-state index contributed by atoms with van der Waals surface area (Å²) in [7, 11) is 0. The number of anilines is 3. The van der Waals surface area contributed by atoms with Crippen molar-refractivity contribution in [3.8, 4) is 11.1 Å². The Kier molecular flexibility index (Phi) is 4.18. The minimum absolute atomic E-state index is 0.240. The second kappa shape index (κ2) is 6.80. The maximum Gasteiger partial charge on any atom is 0.323 e. The molecule has 4 aromatic rings. The van der Waals surface area contributed by atoms with Crippen LogP contribution in [0.15, 0.2) is 66.7 Å². The molecule has 27 heavy (non-hydrogen) atoms. The number of nitrogens with two attached hydrogens (primary N) is 1. The van der Waals surface area contributed by atoms with Crippen molar-refractivity contribution in [2.45, 2.75) is 0 Å². The number of nitrogens with one attached hydrogen (secondary N) is 3. The zero-order valence-electron chi connectivity index (χ0n) is 14.2. The number of urea groups is 1. The third-order valence-corrected chi connectivity index (χ3v) is 4.18. The smallest absolute Gasteiger partial charge is 0.323 e. The van der Waals surface area contributed by atoms with Crippen LogP contribution >= 0.6 is 0 Å². The maximum absolute atomic E-state index is 13.9. The number of hydrogen-bond donors (Lipinski definition) is 4. The predicted octanol–water partition coefficient (Wildman–Crippen LogP) is 4.60. The first-order valence-electron chi connectivity index (χ1n) is 8.27. The molecule has 1 heterocycles. The van der Waals surface area contributed by atoms with Crippen molar-refractivity contribution in [1.82, 2.24) is 10.2 Å². The lowest BCUT2D eigenvalue weighted by molar-refractivity contribution is 0.262. The highest BCUT2D eigenvalue weighted by Gasteiger charge is 2.13. The number of amides is 2. The molecule has 0 aliphatic rings. The SMILES string of the molecule is Nc1n[nH]c2c(F)ccc(-c3ccc(NC(=O)Nc4ccccc4)cc3)c12. The Morgan fingerprint density at radius 1 is 0.926 bits per heavy atom. The number of nitrogen functional groups attached to an aromatic ring is 1. The van der Waals surface area contributed by atoms with Crippen LogP contribution in [0.25, 0.3) is 22.0 Å². The first-order valence-corrected chi connectivity index (χ1v) is 8.27. The highest BCUT2D eigenvalue weighted by molar-refractivity contribution is 6.02. The van der Waals surface area contributed by atoms with Crippen molar-refractivity contribution in [2.24, 2.45) is 0 Å². The molecular weight excluding hydrogens is 345 g/mol. The van der Waals surface area contributed by atoms with E-state index in [4.69, 9.17) is 5.73 Å². The van der Waals surface area contributed by atoms with E-state index in [1.165, 1.54) is 6.07 Å². The van der Waals surface area contributed by atoms with Crippen LogP contribution in [0.2, 0.25) is 0 Å². The molecule has 0 saturated heterocycles. The van der Waals surface area contributed by atoms with Gasteiger partial charge in [0.15, 0.2) is 5.82 Å². The Morgan fingerprint density at radius 3 is 2.30 bits per heavy atom. The van der Waals surface area contributed by atoms with Gasteiger partial charge in [-0.2, -0.15) is 5.10 Å². The van der Waals surface area contributed by atoms with E-state index >= 15 is 0 Å². The largest absolute Gasteiger partial charge is 0.382 e. The first kappa shape index (κ1) is 16.6. The molecule has 0 bridgehead atoms. The molecule has 0 unspecified atom stereocenters. The lowest BCUT2D eigenvalue weighted by Gasteiger charge is -2.09. The number of aromatic nitrogens is 2. The Balaban J connectivity index is 1.55. The average Bonchev–Trinajstić information content (AvgIpc) is 3.07. The molecule has 5 N–H and O–H groups in total. The molecule has 0 spiro atoms. The highest BCUT2D eigenvalue weighted by atomic mass is 19.1. The number of carbonyl (C=O) groups excluding carboxylic acids is 1. The topological polar surface area (TPSA) is 95.8 Å². The number of para-hydroxylation sites is 1. The Morgan fingerprint density at radius 2 is 1.59 bits per heavy atom. The Bertz CT molecular complexity index is 1110. The lowest BCUT2D eigenvalue weighted by Crippen LogP contribution is -2.19. The van der Waals surface area contributed by atoms with Crippen molar-refractivity contribution in [3.63, 3.8) is 0 Å². The summed E-state index contributed by atoms with van der Waals surface area (Å²) in [5.74, 6) is -0.169. The summed E-state index contributed by atoms with van der Waals surface area (Å²) in [6, 6.07) is 19.1. The van der Waals surface area contributed by atoms with Gasteiger partial charge in [-0.05, 0) is 41.5 Å². The van der Waals surface area contributed by atoms with Crippen LogP contribution in [-0.2, 0) is 0 Å². The molecule has 2 amide bonds. The van der Waals surface area contributed by atoms with Gasteiger partial charge in [0.25, 0.3) is 0 Å². The molecule has 0 atom stereocenters. The molecule has 7 heteroatoms. The van der Waals surface area contributed by atoms with E-state index in [2.05, 4.69) is 20.8 Å². The molecule has 134 valence electrons. The van der Waals surface area contributed by atoms with E-state index in [0.29, 0.717) is 16.8 Å². The Labute approximate surface area is 154 Å². The fourth-order valence-electron chi connectivity index (χ4n) is 2.91. The van der Waals surface area contributed by atoms with E-state index < -0.39 is 5.82 Å². The number of aromatic amines is 1. The van der Waals surface area contributed by atoms with Gasteiger partial charge >= 0.3 is 6.03 Å². The summed E-state index contributed by atoms with van der Waals surface area (Å²) >= 11 is 0. The third kappa shape index (κ3) is 3.30. The molecule has 3 aromatic carbocycles. The average molecular weight is 361 g/mol. The van der Waals surface area contributed by atoms with Crippen LogP contribution in [-0.4, -0.2) is 16.2 Å². The molecular formula is C20H16FN5O. The molecule has 0 aliphatic heterocycles. The van der Waals surface area contributed by atoms with Crippen molar-refractivity contribution in [2.75, 3.05) is 16.4 Å². The summed E-state index contributed by atoms with van der Waals surface area (Å²) in [5.41, 5.74) is 9.08. The van der Waals surface area contributed by atoms with Crippen molar-refractivity contribution < 1.29 is 9.18 Å². The minimum atomic E-state index is -0.409. The number of H-pyrrole nitrogens is 1.